The van der Waals surface area contributed by atoms with Crippen LogP contribution < -0.4 is 10.3 Å². The van der Waals surface area contributed by atoms with Crippen molar-refractivity contribution in [1.29, 1.82) is 0 Å². The molecule has 1 aliphatic heterocycles. The standard InChI is InChI=1S/C20H23FN2O3/c1-26-18-7-4-10-23(20(18)25)14-19(24)22-11-8-15(9-12-22)13-16-5-2-3-6-17(16)21/h2-7,10,15H,8-9,11-14H2,1H3. The summed E-state index contributed by atoms with van der Waals surface area (Å²) in [6.07, 6.45) is 3.97. The van der Waals surface area contributed by atoms with Gasteiger partial charge in [0.1, 0.15) is 12.4 Å². The summed E-state index contributed by atoms with van der Waals surface area (Å²) in [5.74, 6) is 0.354. The summed E-state index contributed by atoms with van der Waals surface area (Å²) < 4.78 is 20.2. The number of piperidine rings is 1. The van der Waals surface area contributed by atoms with E-state index in [1.807, 2.05) is 12.1 Å². The van der Waals surface area contributed by atoms with E-state index >= 15 is 0 Å². The predicted molar refractivity (Wildman–Crippen MR) is 96.7 cm³/mol. The number of carbonyl (C=O) groups excluding carboxylic acids is 1. The number of pyridine rings is 1. The van der Waals surface area contributed by atoms with Crippen LogP contribution in [-0.2, 0) is 17.8 Å². The highest BCUT2D eigenvalue weighted by molar-refractivity contribution is 5.76. The molecule has 26 heavy (non-hydrogen) atoms. The van der Waals surface area contributed by atoms with Crippen molar-refractivity contribution in [2.45, 2.75) is 25.8 Å². The average Bonchev–Trinajstić information content (AvgIpc) is 2.66. The monoisotopic (exact) mass is 358 g/mol. The van der Waals surface area contributed by atoms with Gasteiger partial charge in [0, 0.05) is 19.3 Å². The third-order valence-electron chi connectivity index (χ3n) is 4.94. The van der Waals surface area contributed by atoms with E-state index in [2.05, 4.69) is 0 Å². The Morgan fingerprint density at radius 1 is 1.19 bits per heavy atom. The lowest BCUT2D eigenvalue weighted by molar-refractivity contribution is -0.133. The Hall–Kier alpha value is -2.63. The van der Waals surface area contributed by atoms with Gasteiger partial charge in [-0.3, -0.25) is 9.59 Å². The number of hydrogen-bond acceptors (Lipinski definition) is 3. The minimum atomic E-state index is -0.308. The highest BCUT2D eigenvalue weighted by Gasteiger charge is 2.24. The largest absolute Gasteiger partial charge is 0.491 e. The number of nitrogens with zero attached hydrogens (tertiary/aromatic N) is 2. The number of likely N-dealkylation sites (tertiary alicyclic amines) is 1. The van der Waals surface area contributed by atoms with E-state index in [9.17, 15) is 14.0 Å². The molecule has 0 unspecified atom stereocenters. The Morgan fingerprint density at radius 3 is 2.62 bits per heavy atom. The van der Waals surface area contributed by atoms with Crippen molar-refractivity contribution in [3.8, 4) is 5.75 Å². The first-order valence-electron chi connectivity index (χ1n) is 8.83. The van der Waals surface area contributed by atoms with Crippen molar-refractivity contribution in [2.75, 3.05) is 20.2 Å². The molecular weight excluding hydrogens is 335 g/mol. The highest BCUT2D eigenvalue weighted by Crippen LogP contribution is 2.23. The molecular formula is C20H23FN2O3. The van der Waals surface area contributed by atoms with E-state index in [4.69, 9.17) is 4.74 Å². The molecule has 6 heteroatoms. The van der Waals surface area contributed by atoms with Gasteiger partial charge in [0.25, 0.3) is 5.56 Å². The summed E-state index contributed by atoms with van der Waals surface area (Å²) in [4.78, 5) is 26.4. The molecule has 0 saturated carbocycles. The molecule has 2 aromatic rings. The van der Waals surface area contributed by atoms with E-state index in [-0.39, 0.29) is 29.6 Å². The lowest BCUT2D eigenvalue weighted by atomic mass is 9.90. The fourth-order valence-electron chi connectivity index (χ4n) is 3.40. The minimum Gasteiger partial charge on any atom is -0.491 e. The van der Waals surface area contributed by atoms with Gasteiger partial charge >= 0.3 is 0 Å². The van der Waals surface area contributed by atoms with Gasteiger partial charge in [-0.25, -0.2) is 4.39 Å². The SMILES string of the molecule is COc1cccn(CC(=O)N2CCC(Cc3ccccc3F)CC2)c1=O. The van der Waals surface area contributed by atoms with Gasteiger partial charge in [0.15, 0.2) is 5.75 Å². The zero-order valence-corrected chi connectivity index (χ0v) is 14.9. The Kier molecular flexibility index (Phi) is 5.71. The minimum absolute atomic E-state index is 0.00795. The first kappa shape index (κ1) is 18.2. The maximum absolute atomic E-state index is 13.8. The van der Waals surface area contributed by atoms with Crippen LogP contribution in [-0.4, -0.2) is 35.6 Å². The topological polar surface area (TPSA) is 51.5 Å². The zero-order valence-electron chi connectivity index (χ0n) is 14.9. The molecule has 0 bridgehead atoms. The molecule has 2 heterocycles. The van der Waals surface area contributed by atoms with Crippen molar-refractivity contribution in [3.63, 3.8) is 0 Å². The molecule has 1 aliphatic rings. The third kappa shape index (κ3) is 4.12. The Bertz CT molecular complexity index is 826. The number of rotatable bonds is 5. The molecule has 0 N–H and O–H groups in total. The van der Waals surface area contributed by atoms with Crippen LogP contribution in [0.15, 0.2) is 47.4 Å². The highest BCUT2D eigenvalue weighted by atomic mass is 19.1. The molecule has 0 aliphatic carbocycles. The van der Waals surface area contributed by atoms with Gasteiger partial charge in [0.2, 0.25) is 5.91 Å². The normalized spacial score (nSPS) is 15.1. The molecule has 1 aromatic heterocycles. The molecule has 5 nitrogen and oxygen atoms in total. The van der Waals surface area contributed by atoms with Crippen LogP contribution in [0.2, 0.25) is 0 Å². The van der Waals surface area contributed by atoms with Crippen LogP contribution >= 0.6 is 0 Å². The van der Waals surface area contributed by atoms with E-state index in [0.29, 0.717) is 25.4 Å². The van der Waals surface area contributed by atoms with Gasteiger partial charge in [0.05, 0.1) is 7.11 Å². The smallest absolute Gasteiger partial charge is 0.293 e. The third-order valence-corrected chi connectivity index (χ3v) is 4.94. The Labute approximate surface area is 152 Å². The zero-order chi connectivity index (χ0) is 18.5. The van der Waals surface area contributed by atoms with Crippen LogP contribution in [0.4, 0.5) is 4.39 Å². The first-order chi connectivity index (χ1) is 12.6. The number of methoxy groups -OCH3 is 1. The van der Waals surface area contributed by atoms with Gasteiger partial charge in [-0.05, 0) is 48.9 Å². The number of hydrogen-bond donors (Lipinski definition) is 0. The second kappa shape index (κ2) is 8.17. The quantitative estimate of drug-likeness (QED) is 0.825. The molecule has 138 valence electrons. The van der Waals surface area contributed by atoms with Crippen LogP contribution in [0.25, 0.3) is 0 Å². The molecule has 1 saturated heterocycles. The van der Waals surface area contributed by atoms with Gasteiger partial charge in [-0.1, -0.05) is 18.2 Å². The lowest BCUT2D eigenvalue weighted by Gasteiger charge is -2.32. The fraction of sp³-hybridized carbons (Fsp3) is 0.400. The molecule has 1 fully saturated rings. The van der Waals surface area contributed by atoms with Crippen LogP contribution in [0.3, 0.4) is 0 Å². The molecule has 0 spiro atoms. The summed E-state index contributed by atoms with van der Waals surface area (Å²) in [7, 11) is 1.43. The summed E-state index contributed by atoms with van der Waals surface area (Å²) in [5, 5.41) is 0. The number of halogens is 1. The summed E-state index contributed by atoms with van der Waals surface area (Å²) in [6.45, 7) is 1.28. The van der Waals surface area contributed by atoms with Crippen LogP contribution in [0, 0.1) is 11.7 Å². The average molecular weight is 358 g/mol. The van der Waals surface area contributed by atoms with Gasteiger partial charge in [-0.2, -0.15) is 0 Å². The number of amides is 1. The van der Waals surface area contributed by atoms with E-state index in [0.717, 1.165) is 18.4 Å². The molecule has 1 amide bonds. The van der Waals surface area contributed by atoms with Gasteiger partial charge in [-0.15, -0.1) is 0 Å². The van der Waals surface area contributed by atoms with Crippen molar-refractivity contribution < 1.29 is 13.9 Å². The second-order valence-electron chi connectivity index (χ2n) is 6.63. The number of ether oxygens (including phenoxy) is 1. The number of carbonyl (C=O) groups is 1. The summed E-state index contributed by atoms with van der Waals surface area (Å²) in [5.41, 5.74) is 0.429. The molecule has 3 rings (SSSR count). The Balaban J connectivity index is 1.56. The summed E-state index contributed by atoms with van der Waals surface area (Å²) in [6, 6.07) is 10.1. The molecule has 1 aromatic carbocycles. The number of aromatic nitrogens is 1. The van der Waals surface area contributed by atoms with Crippen molar-refractivity contribution >= 4 is 5.91 Å². The lowest BCUT2D eigenvalue weighted by Crippen LogP contribution is -2.41. The van der Waals surface area contributed by atoms with Crippen molar-refractivity contribution in [1.82, 2.24) is 9.47 Å². The van der Waals surface area contributed by atoms with E-state index in [1.54, 1.807) is 29.3 Å². The van der Waals surface area contributed by atoms with Crippen molar-refractivity contribution in [2.24, 2.45) is 5.92 Å². The van der Waals surface area contributed by atoms with E-state index < -0.39 is 0 Å². The fourth-order valence-corrected chi connectivity index (χ4v) is 3.40. The van der Waals surface area contributed by atoms with Crippen molar-refractivity contribution in [3.05, 3.63) is 64.3 Å². The maximum atomic E-state index is 13.8. The summed E-state index contributed by atoms with van der Waals surface area (Å²) >= 11 is 0. The van der Waals surface area contributed by atoms with Crippen LogP contribution in [0.5, 0.6) is 5.75 Å². The number of benzene rings is 1. The first-order valence-corrected chi connectivity index (χ1v) is 8.83. The van der Waals surface area contributed by atoms with E-state index in [1.165, 1.54) is 17.7 Å². The predicted octanol–water partition coefficient (Wildman–Crippen LogP) is 2.48. The Morgan fingerprint density at radius 2 is 1.92 bits per heavy atom. The van der Waals surface area contributed by atoms with Crippen LogP contribution in [0.1, 0.15) is 18.4 Å². The maximum Gasteiger partial charge on any atom is 0.293 e. The second-order valence-corrected chi connectivity index (χ2v) is 6.63. The molecule has 0 radical (unpaired) electrons. The van der Waals surface area contributed by atoms with Gasteiger partial charge < -0.3 is 14.2 Å². The molecule has 0 atom stereocenters.